The number of carbonyl (C=O) groups excluding carboxylic acids is 1. The zero-order chi connectivity index (χ0) is 20.4. The van der Waals surface area contributed by atoms with Crippen LogP contribution in [0.4, 0.5) is 0 Å². The monoisotopic (exact) mass is 402 g/mol. The van der Waals surface area contributed by atoms with E-state index < -0.39 is 0 Å². The second-order valence-electron chi connectivity index (χ2n) is 8.33. The predicted octanol–water partition coefficient (Wildman–Crippen LogP) is 2.09. The maximum atomic E-state index is 12.6. The van der Waals surface area contributed by atoms with Crippen LogP contribution in [0.25, 0.3) is 11.4 Å². The Morgan fingerprint density at radius 2 is 1.90 bits per heavy atom. The molecule has 0 bridgehead atoms. The SMILES string of the molecule is O=C1Cn2nc(-c3cccnc3)nc2CC2(CCN(CCc3ccccc3)CC2)N1. The molecule has 0 aliphatic carbocycles. The maximum Gasteiger partial charge on any atom is 0.242 e. The number of aromatic nitrogens is 4. The van der Waals surface area contributed by atoms with Crippen LogP contribution in [0, 0.1) is 0 Å². The summed E-state index contributed by atoms with van der Waals surface area (Å²) in [7, 11) is 0. The number of carbonyl (C=O) groups is 1. The number of piperidine rings is 1. The smallest absolute Gasteiger partial charge is 0.242 e. The normalized spacial score (nSPS) is 18.6. The van der Waals surface area contributed by atoms with Crippen molar-refractivity contribution in [2.45, 2.75) is 37.8 Å². The standard InChI is InChI=1S/C23H26N6O/c30-21-17-29-20(25-22(27-29)19-7-4-11-24-16-19)15-23(26-21)9-13-28(14-10-23)12-8-18-5-2-1-3-6-18/h1-7,11,16H,8-10,12-15,17H2,(H,26,30). The molecule has 1 fully saturated rings. The molecule has 0 atom stereocenters. The Kier molecular flexibility index (Phi) is 5.04. The van der Waals surface area contributed by atoms with E-state index in [1.165, 1.54) is 5.56 Å². The van der Waals surface area contributed by atoms with Crippen LogP contribution in [-0.2, 0) is 24.2 Å². The summed E-state index contributed by atoms with van der Waals surface area (Å²) in [6.07, 6.45) is 7.14. The van der Waals surface area contributed by atoms with Crippen LogP contribution in [0.15, 0.2) is 54.9 Å². The van der Waals surface area contributed by atoms with Crippen molar-refractivity contribution in [3.63, 3.8) is 0 Å². The Morgan fingerprint density at radius 1 is 1.07 bits per heavy atom. The highest BCUT2D eigenvalue weighted by Crippen LogP contribution is 2.29. The number of rotatable bonds is 4. The summed E-state index contributed by atoms with van der Waals surface area (Å²) >= 11 is 0. The summed E-state index contributed by atoms with van der Waals surface area (Å²) < 4.78 is 1.76. The topological polar surface area (TPSA) is 75.9 Å². The molecule has 154 valence electrons. The molecule has 2 aliphatic heterocycles. The van der Waals surface area contributed by atoms with Crippen LogP contribution >= 0.6 is 0 Å². The van der Waals surface area contributed by atoms with Crippen molar-refractivity contribution >= 4 is 5.91 Å². The summed E-state index contributed by atoms with van der Waals surface area (Å²) in [6, 6.07) is 14.4. The van der Waals surface area contributed by atoms with Gasteiger partial charge in [-0.05, 0) is 37.0 Å². The summed E-state index contributed by atoms with van der Waals surface area (Å²) in [5.41, 5.74) is 2.02. The first kappa shape index (κ1) is 18.9. The number of amides is 1. The third kappa shape index (κ3) is 3.98. The van der Waals surface area contributed by atoms with Gasteiger partial charge in [0.15, 0.2) is 5.82 Å². The highest BCUT2D eigenvalue weighted by Gasteiger charge is 2.39. The fraction of sp³-hybridized carbons (Fsp3) is 0.391. The molecule has 5 rings (SSSR count). The maximum absolute atomic E-state index is 12.6. The molecule has 0 radical (unpaired) electrons. The lowest BCUT2D eigenvalue weighted by Gasteiger charge is -2.41. The van der Waals surface area contributed by atoms with Crippen LogP contribution in [0.5, 0.6) is 0 Å². The van der Waals surface area contributed by atoms with Gasteiger partial charge in [0.2, 0.25) is 5.91 Å². The highest BCUT2D eigenvalue weighted by atomic mass is 16.2. The summed E-state index contributed by atoms with van der Waals surface area (Å²) in [4.78, 5) is 24.1. The summed E-state index contributed by atoms with van der Waals surface area (Å²) in [5.74, 6) is 1.54. The third-order valence-corrected chi connectivity index (χ3v) is 6.24. The molecule has 1 amide bonds. The molecule has 0 saturated carbocycles. The second-order valence-corrected chi connectivity index (χ2v) is 8.33. The minimum atomic E-state index is -0.228. The molecule has 1 spiro atoms. The molecule has 1 aromatic carbocycles. The lowest BCUT2D eigenvalue weighted by atomic mass is 9.84. The lowest BCUT2D eigenvalue weighted by molar-refractivity contribution is -0.123. The molecule has 2 aliphatic rings. The number of nitrogens with one attached hydrogen (secondary N) is 1. The Bertz CT molecular complexity index is 1010. The van der Waals surface area contributed by atoms with Crippen LogP contribution in [0.3, 0.4) is 0 Å². The molecule has 7 heteroatoms. The van der Waals surface area contributed by atoms with Crippen LogP contribution in [0.1, 0.15) is 24.2 Å². The molecule has 0 unspecified atom stereocenters. The Labute approximate surface area is 176 Å². The molecule has 1 saturated heterocycles. The fourth-order valence-electron chi connectivity index (χ4n) is 4.51. The predicted molar refractivity (Wildman–Crippen MR) is 114 cm³/mol. The van der Waals surface area contributed by atoms with Crippen LogP contribution < -0.4 is 5.32 Å². The number of nitrogens with zero attached hydrogens (tertiary/aromatic N) is 5. The number of pyridine rings is 1. The van der Waals surface area contributed by atoms with Gasteiger partial charge in [0.25, 0.3) is 0 Å². The average Bonchev–Trinajstić information content (AvgIpc) is 3.11. The van der Waals surface area contributed by atoms with Gasteiger partial charge in [0, 0.05) is 49.6 Å². The molecule has 2 aromatic heterocycles. The van der Waals surface area contributed by atoms with E-state index in [2.05, 4.69) is 50.6 Å². The number of likely N-dealkylation sites (tertiary alicyclic amines) is 1. The molecular weight excluding hydrogens is 376 g/mol. The van der Waals surface area contributed by atoms with Gasteiger partial charge in [-0.2, -0.15) is 5.10 Å². The van der Waals surface area contributed by atoms with Crippen LogP contribution in [-0.4, -0.2) is 55.7 Å². The zero-order valence-electron chi connectivity index (χ0n) is 17.0. The molecular formula is C23H26N6O. The van der Waals surface area contributed by atoms with Crippen molar-refractivity contribution in [3.8, 4) is 11.4 Å². The second kappa shape index (κ2) is 7.99. The minimum Gasteiger partial charge on any atom is -0.349 e. The van der Waals surface area contributed by atoms with Crippen molar-refractivity contribution < 1.29 is 4.79 Å². The van der Waals surface area contributed by atoms with Gasteiger partial charge in [-0.3, -0.25) is 9.78 Å². The summed E-state index contributed by atoms with van der Waals surface area (Å²) in [6.45, 7) is 3.24. The first-order valence-electron chi connectivity index (χ1n) is 10.6. The largest absolute Gasteiger partial charge is 0.349 e. The van der Waals surface area contributed by atoms with E-state index in [1.807, 2.05) is 12.1 Å². The Morgan fingerprint density at radius 3 is 2.67 bits per heavy atom. The Balaban J connectivity index is 1.28. The van der Waals surface area contributed by atoms with E-state index in [-0.39, 0.29) is 18.0 Å². The Hall–Kier alpha value is -3.06. The summed E-state index contributed by atoms with van der Waals surface area (Å²) in [5, 5.41) is 7.88. The van der Waals surface area contributed by atoms with E-state index in [4.69, 9.17) is 4.98 Å². The van der Waals surface area contributed by atoms with Crippen molar-refractivity contribution in [1.29, 1.82) is 0 Å². The van der Waals surface area contributed by atoms with Gasteiger partial charge in [-0.1, -0.05) is 30.3 Å². The van der Waals surface area contributed by atoms with Crippen molar-refractivity contribution in [1.82, 2.24) is 30.0 Å². The van der Waals surface area contributed by atoms with Gasteiger partial charge < -0.3 is 10.2 Å². The molecule has 3 aromatic rings. The van der Waals surface area contributed by atoms with Gasteiger partial charge in [0.1, 0.15) is 12.4 Å². The lowest BCUT2D eigenvalue weighted by Crippen LogP contribution is -2.56. The van der Waals surface area contributed by atoms with E-state index in [1.54, 1.807) is 17.1 Å². The molecule has 7 nitrogen and oxygen atoms in total. The highest BCUT2D eigenvalue weighted by molar-refractivity contribution is 5.77. The number of hydrogen-bond acceptors (Lipinski definition) is 5. The molecule has 30 heavy (non-hydrogen) atoms. The first-order chi connectivity index (χ1) is 14.7. The quantitative estimate of drug-likeness (QED) is 0.723. The zero-order valence-corrected chi connectivity index (χ0v) is 17.0. The van der Waals surface area contributed by atoms with E-state index in [0.29, 0.717) is 5.82 Å². The molecule has 4 heterocycles. The average molecular weight is 403 g/mol. The van der Waals surface area contributed by atoms with E-state index >= 15 is 0 Å². The van der Waals surface area contributed by atoms with Gasteiger partial charge >= 0.3 is 0 Å². The van der Waals surface area contributed by atoms with Gasteiger partial charge in [-0.15, -0.1) is 0 Å². The number of hydrogen-bond donors (Lipinski definition) is 1. The van der Waals surface area contributed by atoms with Crippen LogP contribution in [0.2, 0.25) is 0 Å². The first-order valence-corrected chi connectivity index (χ1v) is 10.6. The fourth-order valence-corrected chi connectivity index (χ4v) is 4.51. The number of fused-ring (bicyclic) bond motifs is 1. The van der Waals surface area contributed by atoms with Crippen molar-refractivity contribution in [2.24, 2.45) is 0 Å². The van der Waals surface area contributed by atoms with Gasteiger partial charge in [-0.25, -0.2) is 9.67 Å². The van der Waals surface area contributed by atoms with Gasteiger partial charge in [0.05, 0.1) is 0 Å². The molecule has 1 N–H and O–H groups in total. The third-order valence-electron chi connectivity index (χ3n) is 6.24. The minimum absolute atomic E-state index is 0.0223. The van der Waals surface area contributed by atoms with E-state index in [0.717, 1.165) is 56.7 Å². The van der Waals surface area contributed by atoms with Crippen molar-refractivity contribution in [3.05, 3.63) is 66.2 Å². The van der Waals surface area contributed by atoms with E-state index in [9.17, 15) is 4.79 Å². The van der Waals surface area contributed by atoms with Crippen molar-refractivity contribution in [2.75, 3.05) is 19.6 Å². The number of benzene rings is 1.